The van der Waals surface area contributed by atoms with Gasteiger partial charge in [0, 0.05) is 16.5 Å². The SMILES string of the molecule is CSc1nc(-c2ccccc2)cc(=O)n1CC(=O)Nc1nc2c(s1)CCCC2. The van der Waals surface area contributed by atoms with Crippen LogP contribution in [0.1, 0.15) is 23.4 Å². The molecule has 0 fully saturated rings. The number of nitrogens with one attached hydrogen (secondary N) is 1. The van der Waals surface area contributed by atoms with Gasteiger partial charge >= 0.3 is 0 Å². The third-order valence-electron chi connectivity index (χ3n) is 4.62. The Bertz CT molecular complexity index is 1040. The predicted molar refractivity (Wildman–Crippen MR) is 113 cm³/mol. The molecule has 1 N–H and O–H groups in total. The Morgan fingerprint density at radius 1 is 1.21 bits per heavy atom. The summed E-state index contributed by atoms with van der Waals surface area (Å²) >= 11 is 2.88. The standard InChI is InChI=1S/C20H20N4O2S2/c1-27-20-22-15(13-7-3-2-4-8-13)11-18(26)24(20)12-17(25)23-19-21-14-9-5-6-10-16(14)28-19/h2-4,7-8,11H,5-6,9-10,12H2,1H3,(H,21,23,25). The Morgan fingerprint density at radius 3 is 2.75 bits per heavy atom. The number of hydrogen-bond acceptors (Lipinski definition) is 6. The van der Waals surface area contributed by atoms with Crippen LogP contribution in [0.15, 0.2) is 46.3 Å². The average molecular weight is 413 g/mol. The number of nitrogens with zero attached hydrogens (tertiary/aromatic N) is 3. The lowest BCUT2D eigenvalue weighted by atomic mass is 10.0. The molecule has 1 aliphatic carbocycles. The second kappa shape index (κ2) is 8.28. The summed E-state index contributed by atoms with van der Waals surface area (Å²) in [5.74, 6) is -0.266. The molecule has 2 heterocycles. The zero-order chi connectivity index (χ0) is 19.5. The van der Waals surface area contributed by atoms with Crippen molar-refractivity contribution in [1.29, 1.82) is 0 Å². The minimum Gasteiger partial charge on any atom is -0.300 e. The van der Waals surface area contributed by atoms with Crippen LogP contribution in [0.4, 0.5) is 5.13 Å². The number of rotatable bonds is 5. The van der Waals surface area contributed by atoms with E-state index in [0.29, 0.717) is 16.0 Å². The molecule has 6 nitrogen and oxygen atoms in total. The minimum absolute atomic E-state index is 0.0820. The highest BCUT2D eigenvalue weighted by atomic mass is 32.2. The van der Waals surface area contributed by atoms with Crippen molar-refractivity contribution in [1.82, 2.24) is 14.5 Å². The highest BCUT2D eigenvalue weighted by Gasteiger charge is 2.18. The lowest BCUT2D eigenvalue weighted by Gasteiger charge is -2.11. The van der Waals surface area contributed by atoms with Crippen molar-refractivity contribution in [2.24, 2.45) is 0 Å². The Kier molecular flexibility index (Phi) is 5.59. The molecule has 8 heteroatoms. The van der Waals surface area contributed by atoms with Crippen molar-refractivity contribution in [2.45, 2.75) is 37.4 Å². The Hall–Kier alpha value is -2.45. The summed E-state index contributed by atoms with van der Waals surface area (Å²) in [5.41, 5.74) is 2.34. The number of amides is 1. The number of thiazole rings is 1. The summed E-state index contributed by atoms with van der Waals surface area (Å²) in [7, 11) is 0. The lowest BCUT2D eigenvalue weighted by molar-refractivity contribution is -0.116. The molecule has 0 aliphatic heterocycles. The molecule has 0 bridgehead atoms. The van der Waals surface area contributed by atoms with E-state index in [0.717, 1.165) is 30.5 Å². The molecule has 1 aromatic carbocycles. The quantitative estimate of drug-likeness (QED) is 0.512. The van der Waals surface area contributed by atoms with Crippen LogP contribution in [0.3, 0.4) is 0 Å². The summed E-state index contributed by atoms with van der Waals surface area (Å²) in [6.45, 7) is -0.0820. The van der Waals surface area contributed by atoms with Crippen LogP contribution in [0.25, 0.3) is 11.3 Å². The Balaban J connectivity index is 1.54. The normalized spacial score (nSPS) is 13.2. The van der Waals surface area contributed by atoms with Gasteiger partial charge in [-0.2, -0.15) is 0 Å². The van der Waals surface area contributed by atoms with Gasteiger partial charge in [-0.05, 0) is 31.9 Å². The van der Waals surface area contributed by atoms with Gasteiger partial charge in [-0.15, -0.1) is 11.3 Å². The summed E-state index contributed by atoms with van der Waals surface area (Å²) in [4.78, 5) is 35.5. The zero-order valence-corrected chi connectivity index (χ0v) is 17.1. The molecule has 144 valence electrons. The molecule has 0 unspecified atom stereocenters. The van der Waals surface area contributed by atoms with Crippen LogP contribution in [-0.4, -0.2) is 26.7 Å². The van der Waals surface area contributed by atoms with Crippen LogP contribution >= 0.6 is 23.1 Å². The lowest BCUT2D eigenvalue weighted by Crippen LogP contribution is -2.29. The van der Waals surface area contributed by atoms with Crippen molar-refractivity contribution in [3.63, 3.8) is 0 Å². The maximum Gasteiger partial charge on any atom is 0.255 e. The first-order chi connectivity index (χ1) is 13.6. The maximum atomic E-state index is 12.7. The van der Waals surface area contributed by atoms with Gasteiger partial charge in [0.15, 0.2) is 10.3 Å². The smallest absolute Gasteiger partial charge is 0.255 e. The van der Waals surface area contributed by atoms with Crippen LogP contribution in [-0.2, 0) is 24.2 Å². The van der Waals surface area contributed by atoms with E-state index in [9.17, 15) is 9.59 Å². The number of anilines is 1. The molecule has 0 saturated carbocycles. The number of thioether (sulfide) groups is 1. The zero-order valence-electron chi connectivity index (χ0n) is 15.5. The van der Waals surface area contributed by atoms with Crippen molar-refractivity contribution in [3.8, 4) is 11.3 Å². The topological polar surface area (TPSA) is 76.9 Å². The van der Waals surface area contributed by atoms with E-state index in [-0.39, 0.29) is 18.0 Å². The monoisotopic (exact) mass is 412 g/mol. The molecular weight excluding hydrogens is 392 g/mol. The van der Waals surface area contributed by atoms with E-state index >= 15 is 0 Å². The van der Waals surface area contributed by atoms with Crippen molar-refractivity contribution in [3.05, 3.63) is 57.3 Å². The van der Waals surface area contributed by atoms with Gasteiger partial charge in [0.1, 0.15) is 6.54 Å². The van der Waals surface area contributed by atoms with Gasteiger partial charge in [0.25, 0.3) is 5.56 Å². The number of aryl methyl sites for hydroxylation is 2. The van der Waals surface area contributed by atoms with E-state index in [1.54, 1.807) is 0 Å². The molecule has 0 saturated heterocycles. The van der Waals surface area contributed by atoms with Gasteiger partial charge in [-0.3, -0.25) is 14.2 Å². The summed E-state index contributed by atoms with van der Waals surface area (Å²) in [6, 6.07) is 11.0. The fourth-order valence-corrected chi connectivity index (χ4v) is 4.88. The fourth-order valence-electron chi connectivity index (χ4n) is 3.25. The molecule has 4 rings (SSSR count). The highest BCUT2D eigenvalue weighted by Crippen LogP contribution is 2.29. The molecule has 1 amide bonds. The number of aromatic nitrogens is 3. The van der Waals surface area contributed by atoms with E-state index in [1.165, 1.54) is 45.0 Å². The summed E-state index contributed by atoms with van der Waals surface area (Å²) in [5, 5.41) is 3.97. The van der Waals surface area contributed by atoms with E-state index in [4.69, 9.17) is 0 Å². The number of carbonyl (C=O) groups excluding carboxylic acids is 1. The molecule has 3 aromatic rings. The predicted octanol–water partition coefficient (Wildman–Crippen LogP) is 3.61. The largest absolute Gasteiger partial charge is 0.300 e. The molecular formula is C20H20N4O2S2. The molecule has 0 atom stereocenters. The highest BCUT2D eigenvalue weighted by molar-refractivity contribution is 7.98. The number of carbonyl (C=O) groups is 1. The maximum absolute atomic E-state index is 12.7. The first kappa shape index (κ1) is 18.9. The van der Waals surface area contributed by atoms with Gasteiger partial charge in [-0.1, -0.05) is 42.1 Å². The van der Waals surface area contributed by atoms with Gasteiger partial charge in [0.05, 0.1) is 11.4 Å². The van der Waals surface area contributed by atoms with Crippen molar-refractivity contribution < 1.29 is 4.79 Å². The number of benzene rings is 1. The average Bonchev–Trinajstić information content (AvgIpc) is 3.12. The molecule has 28 heavy (non-hydrogen) atoms. The Morgan fingerprint density at radius 2 is 2.00 bits per heavy atom. The first-order valence-electron chi connectivity index (χ1n) is 9.14. The second-order valence-corrected chi connectivity index (χ2v) is 8.42. The van der Waals surface area contributed by atoms with Crippen LogP contribution in [0, 0.1) is 0 Å². The minimum atomic E-state index is -0.266. The third kappa shape index (κ3) is 4.02. The fraction of sp³-hybridized carbons (Fsp3) is 0.300. The summed E-state index contributed by atoms with van der Waals surface area (Å²) in [6.07, 6.45) is 6.18. The first-order valence-corrected chi connectivity index (χ1v) is 11.2. The van der Waals surface area contributed by atoms with E-state index < -0.39 is 0 Å². The van der Waals surface area contributed by atoms with Crippen LogP contribution in [0.5, 0.6) is 0 Å². The van der Waals surface area contributed by atoms with Gasteiger partial charge in [0.2, 0.25) is 5.91 Å². The molecule has 2 aromatic heterocycles. The molecule has 0 radical (unpaired) electrons. The third-order valence-corrected chi connectivity index (χ3v) is 6.37. The Labute approximate surface area is 171 Å². The van der Waals surface area contributed by atoms with Crippen LogP contribution < -0.4 is 10.9 Å². The second-order valence-electron chi connectivity index (χ2n) is 6.56. The van der Waals surface area contributed by atoms with Gasteiger partial charge in [-0.25, -0.2) is 9.97 Å². The van der Waals surface area contributed by atoms with Crippen molar-refractivity contribution in [2.75, 3.05) is 11.6 Å². The van der Waals surface area contributed by atoms with Crippen molar-refractivity contribution >= 4 is 34.1 Å². The molecule has 1 aliphatic rings. The van der Waals surface area contributed by atoms with Gasteiger partial charge < -0.3 is 5.32 Å². The van der Waals surface area contributed by atoms with E-state index in [2.05, 4.69) is 15.3 Å². The summed E-state index contributed by atoms with van der Waals surface area (Å²) < 4.78 is 1.40. The number of fused-ring (bicyclic) bond motifs is 1. The number of hydrogen-bond donors (Lipinski definition) is 1. The molecule has 0 spiro atoms. The van der Waals surface area contributed by atoms with E-state index in [1.807, 2.05) is 36.6 Å². The van der Waals surface area contributed by atoms with Crippen LogP contribution in [0.2, 0.25) is 0 Å².